The number of hydrogen-bond donors (Lipinski definition) is 1. The van der Waals surface area contributed by atoms with Crippen LogP contribution in [0.3, 0.4) is 0 Å². The highest BCUT2D eigenvalue weighted by atomic mass is 19.1. The van der Waals surface area contributed by atoms with Gasteiger partial charge in [0, 0.05) is 19.6 Å². The molecule has 0 saturated carbocycles. The maximum atomic E-state index is 13.0. The number of unbranched alkanes of at least 4 members (excludes halogenated alkanes) is 1. The van der Waals surface area contributed by atoms with Crippen LogP contribution in [0.1, 0.15) is 58.6 Å². The van der Waals surface area contributed by atoms with Gasteiger partial charge in [0.25, 0.3) is 0 Å². The van der Waals surface area contributed by atoms with Gasteiger partial charge in [-0.2, -0.15) is 0 Å². The summed E-state index contributed by atoms with van der Waals surface area (Å²) >= 11 is 0. The van der Waals surface area contributed by atoms with E-state index in [0.29, 0.717) is 19.6 Å². The Morgan fingerprint density at radius 2 is 1.88 bits per heavy atom. The first-order chi connectivity index (χ1) is 16.1. The van der Waals surface area contributed by atoms with Crippen molar-refractivity contribution in [2.24, 2.45) is 0 Å². The minimum atomic E-state index is -0.475. The summed E-state index contributed by atoms with van der Waals surface area (Å²) in [6, 6.07) is 6.00. The number of aliphatic hydroxyl groups excluding tert-OH is 1. The topological polar surface area (TPSA) is 70.1 Å². The van der Waals surface area contributed by atoms with Crippen molar-refractivity contribution in [3.63, 3.8) is 0 Å². The molecule has 6 nitrogen and oxygen atoms in total. The average Bonchev–Trinajstić information content (AvgIpc) is 2.80. The van der Waals surface area contributed by atoms with E-state index in [1.807, 2.05) is 20.8 Å². The van der Waals surface area contributed by atoms with Crippen LogP contribution in [0.4, 0.5) is 9.18 Å². The van der Waals surface area contributed by atoms with Gasteiger partial charge in [-0.15, -0.1) is 0 Å². The summed E-state index contributed by atoms with van der Waals surface area (Å²) in [5.41, 5.74) is 2.45. The predicted molar refractivity (Wildman–Crippen MR) is 134 cm³/mol. The molecule has 0 unspecified atom stereocenters. The van der Waals surface area contributed by atoms with Crippen molar-refractivity contribution in [3.8, 4) is 0 Å². The number of aliphatic hydroxyl groups is 1. The van der Waals surface area contributed by atoms with Crippen LogP contribution in [0.5, 0.6) is 0 Å². The third-order valence-electron chi connectivity index (χ3n) is 5.23. The summed E-state index contributed by atoms with van der Waals surface area (Å²) in [6.45, 7) is 16.8. The molecule has 1 heterocycles. The number of rotatable bonds is 9. The standard InChI is InChI=1S/C16H16FNO.C11H23NO3/c1-3-12-9-10-18(11-19)16(15(12)4-2)13-5-7-14(17)8-6-13;1-5-6-7-12(8-9-13)10(14)15-11(2,3)4/h3-8,11,16H,1-2,9-10H2;13H,5-9H2,1-4H3/t16-;/m0./s1. The number of carbonyl (C=O) groups is 2. The van der Waals surface area contributed by atoms with Crippen molar-refractivity contribution < 1.29 is 23.8 Å². The molecule has 0 aliphatic carbocycles. The zero-order chi connectivity index (χ0) is 25.7. The van der Waals surface area contributed by atoms with Gasteiger partial charge < -0.3 is 19.6 Å². The van der Waals surface area contributed by atoms with E-state index < -0.39 is 5.60 Å². The maximum Gasteiger partial charge on any atom is 0.410 e. The normalized spacial score (nSPS) is 15.7. The fraction of sp³-hybridized carbons (Fsp3) is 0.481. The van der Waals surface area contributed by atoms with E-state index in [-0.39, 0.29) is 24.6 Å². The molecule has 1 aliphatic rings. The number of nitrogens with zero attached hydrogens (tertiary/aromatic N) is 2. The lowest BCUT2D eigenvalue weighted by Crippen LogP contribution is -2.39. The summed E-state index contributed by atoms with van der Waals surface area (Å²) in [7, 11) is 0. The molecule has 0 spiro atoms. The van der Waals surface area contributed by atoms with E-state index in [2.05, 4.69) is 20.1 Å². The summed E-state index contributed by atoms with van der Waals surface area (Å²) in [5.74, 6) is -0.287. The zero-order valence-electron chi connectivity index (χ0n) is 20.9. The minimum absolute atomic E-state index is 0.0248. The lowest BCUT2D eigenvalue weighted by Gasteiger charge is -2.35. The lowest BCUT2D eigenvalue weighted by molar-refractivity contribution is -0.119. The molecule has 2 amide bonds. The van der Waals surface area contributed by atoms with Crippen LogP contribution in [0.2, 0.25) is 0 Å². The van der Waals surface area contributed by atoms with E-state index >= 15 is 0 Å². The van der Waals surface area contributed by atoms with Crippen molar-refractivity contribution in [1.82, 2.24) is 9.80 Å². The third-order valence-corrected chi connectivity index (χ3v) is 5.23. The van der Waals surface area contributed by atoms with E-state index in [9.17, 15) is 14.0 Å². The fourth-order valence-electron chi connectivity index (χ4n) is 3.56. The Morgan fingerprint density at radius 1 is 1.24 bits per heavy atom. The Hall–Kier alpha value is -2.93. The van der Waals surface area contributed by atoms with Gasteiger partial charge in [-0.05, 0) is 62.5 Å². The minimum Gasteiger partial charge on any atom is -0.444 e. The summed E-state index contributed by atoms with van der Waals surface area (Å²) in [5, 5.41) is 8.83. The lowest BCUT2D eigenvalue weighted by atomic mass is 9.88. The van der Waals surface area contributed by atoms with Gasteiger partial charge in [-0.1, -0.05) is 50.8 Å². The summed E-state index contributed by atoms with van der Waals surface area (Å²) in [6.07, 6.45) is 6.75. The van der Waals surface area contributed by atoms with Crippen LogP contribution >= 0.6 is 0 Å². The first-order valence-electron chi connectivity index (χ1n) is 11.6. The average molecular weight is 475 g/mol. The Labute approximate surface area is 203 Å². The maximum absolute atomic E-state index is 13.0. The molecule has 1 aromatic carbocycles. The van der Waals surface area contributed by atoms with Crippen LogP contribution < -0.4 is 0 Å². The van der Waals surface area contributed by atoms with Crippen molar-refractivity contribution in [3.05, 3.63) is 72.1 Å². The molecule has 1 atom stereocenters. The zero-order valence-corrected chi connectivity index (χ0v) is 20.9. The first kappa shape index (κ1) is 29.1. The van der Waals surface area contributed by atoms with Crippen LogP contribution in [0, 0.1) is 5.82 Å². The Morgan fingerprint density at radius 3 is 2.35 bits per heavy atom. The number of allylic oxidation sites excluding steroid dienone is 1. The van der Waals surface area contributed by atoms with Crippen LogP contribution in [-0.2, 0) is 9.53 Å². The summed E-state index contributed by atoms with van der Waals surface area (Å²) < 4.78 is 18.2. The van der Waals surface area contributed by atoms with Gasteiger partial charge in [0.05, 0.1) is 12.6 Å². The Balaban J connectivity index is 0.000000352. The van der Waals surface area contributed by atoms with Crippen molar-refractivity contribution >= 4 is 12.5 Å². The molecule has 0 fully saturated rings. The highest BCUT2D eigenvalue weighted by molar-refractivity contribution is 5.68. The highest BCUT2D eigenvalue weighted by Gasteiger charge is 2.27. The molecule has 1 aromatic rings. The van der Waals surface area contributed by atoms with Gasteiger partial charge in [-0.3, -0.25) is 4.79 Å². The number of ether oxygens (including phenoxy) is 1. The van der Waals surface area contributed by atoms with Crippen LogP contribution in [-0.4, -0.2) is 59.3 Å². The van der Waals surface area contributed by atoms with E-state index in [4.69, 9.17) is 9.84 Å². The number of carbonyl (C=O) groups excluding carboxylic acids is 2. The highest BCUT2D eigenvalue weighted by Crippen LogP contribution is 2.35. The monoisotopic (exact) mass is 474 g/mol. The Kier molecular flexibility index (Phi) is 12.3. The van der Waals surface area contributed by atoms with Gasteiger partial charge >= 0.3 is 6.09 Å². The van der Waals surface area contributed by atoms with Crippen LogP contribution in [0.15, 0.2) is 60.7 Å². The number of amides is 2. The molecule has 0 aromatic heterocycles. The third kappa shape index (κ3) is 9.14. The van der Waals surface area contributed by atoms with Crippen molar-refractivity contribution in [1.29, 1.82) is 0 Å². The van der Waals surface area contributed by atoms with Crippen molar-refractivity contribution in [2.45, 2.75) is 58.6 Å². The molecular weight excluding hydrogens is 435 g/mol. The second-order valence-corrected chi connectivity index (χ2v) is 8.98. The van der Waals surface area contributed by atoms with E-state index in [0.717, 1.165) is 42.4 Å². The fourth-order valence-corrected chi connectivity index (χ4v) is 3.56. The van der Waals surface area contributed by atoms with Crippen molar-refractivity contribution in [2.75, 3.05) is 26.2 Å². The SMILES string of the molecule is C=CC1=C(C=C)[C@H](c2ccc(F)cc2)N(C=O)CC1.CCCCN(CCO)C(=O)OC(C)(C)C. The second kappa shape index (κ2) is 14.4. The van der Waals surface area contributed by atoms with Gasteiger partial charge in [0.15, 0.2) is 0 Å². The quantitative estimate of drug-likeness (QED) is 0.486. The number of benzene rings is 1. The molecule has 7 heteroatoms. The van der Waals surface area contributed by atoms with Gasteiger partial charge in [0.1, 0.15) is 11.4 Å². The predicted octanol–water partition coefficient (Wildman–Crippen LogP) is 5.41. The Bertz CT molecular complexity index is 843. The first-order valence-corrected chi connectivity index (χ1v) is 11.6. The number of hydrogen-bond acceptors (Lipinski definition) is 4. The van der Waals surface area contributed by atoms with Gasteiger partial charge in [-0.25, -0.2) is 9.18 Å². The molecule has 34 heavy (non-hydrogen) atoms. The molecule has 1 N–H and O–H groups in total. The second-order valence-electron chi connectivity index (χ2n) is 8.98. The molecule has 1 aliphatic heterocycles. The molecule has 188 valence electrons. The smallest absolute Gasteiger partial charge is 0.410 e. The molecule has 2 rings (SSSR count). The van der Waals surface area contributed by atoms with E-state index in [1.54, 1.807) is 34.1 Å². The van der Waals surface area contributed by atoms with Gasteiger partial charge in [0.2, 0.25) is 6.41 Å². The van der Waals surface area contributed by atoms with Crippen LogP contribution in [0.25, 0.3) is 0 Å². The summed E-state index contributed by atoms with van der Waals surface area (Å²) in [4.78, 5) is 26.1. The molecule has 0 bridgehead atoms. The number of halogens is 1. The molecule has 0 saturated heterocycles. The molecule has 0 radical (unpaired) electrons. The molecular formula is C27H39FN2O4. The largest absolute Gasteiger partial charge is 0.444 e. The van der Waals surface area contributed by atoms with E-state index in [1.165, 1.54) is 12.1 Å².